The van der Waals surface area contributed by atoms with Gasteiger partial charge in [0.2, 0.25) is 5.91 Å². The molecular weight excluding hydrogens is 406 g/mol. The van der Waals surface area contributed by atoms with Gasteiger partial charge in [0.15, 0.2) is 0 Å². The van der Waals surface area contributed by atoms with Crippen LogP contribution in [0.3, 0.4) is 0 Å². The molecule has 1 fully saturated rings. The Bertz CT molecular complexity index is 1080. The van der Waals surface area contributed by atoms with E-state index in [1.807, 2.05) is 24.5 Å². The van der Waals surface area contributed by atoms with Gasteiger partial charge in [-0.25, -0.2) is 4.79 Å². The highest BCUT2D eigenvalue weighted by Crippen LogP contribution is 2.35. The van der Waals surface area contributed by atoms with Crippen LogP contribution in [0.2, 0.25) is 0 Å². The molecule has 1 atom stereocenters. The molecule has 8 nitrogen and oxygen atoms in total. The third kappa shape index (κ3) is 3.76. The number of aryl methyl sites for hydroxylation is 1. The van der Waals surface area contributed by atoms with Crippen LogP contribution in [-0.4, -0.2) is 45.6 Å². The molecule has 30 heavy (non-hydrogen) atoms. The fraction of sp³-hybridized carbons (Fsp3) is 0.238. The molecule has 156 valence electrons. The minimum atomic E-state index is -0.996. The number of carbonyl (C=O) groups is 4. The number of hydrogen-bond donors (Lipinski definition) is 1. The minimum Gasteiger partial charge on any atom is -0.467 e. The Kier molecular flexibility index (Phi) is 5.84. The maximum Gasteiger partial charge on any atom is 0.328 e. The molecule has 1 aliphatic heterocycles. The van der Waals surface area contributed by atoms with Crippen molar-refractivity contribution < 1.29 is 23.9 Å². The molecule has 1 saturated heterocycles. The first-order chi connectivity index (χ1) is 14.1. The highest BCUT2D eigenvalue weighted by molar-refractivity contribution is 8.18. The first kappa shape index (κ1) is 21.4. The molecule has 2 N–H and O–H groups in total. The zero-order valence-electron chi connectivity index (χ0n) is 17.0. The van der Waals surface area contributed by atoms with Crippen LogP contribution in [0.1, 0.15) is 34.2 Å². The van der Waals surface area contributed by atoms with Crippen molar-refractivity contribution in [1.29, 1.82) is 0 Å². The molecule has 9 heteroatoms. The molecule has 1 aliphatic rings. The van der Waals surface area contributed by atoms with Gasteiger partial charge in [0.1, 0.15) is 6.04 Å². The number of imide groups is 1. The lowest BCUT2D eigenvalue weighted by molar-refractivity contribution is -0.148. The lowest BCUT2D eigenvalue weighted by Crippen LogP contribution is -2.42. The highest BCUT2D eigenvalue weighted by Gasteiger charge is 2.41. The van der Waals surface area contributed by atoms with E-state index in [-0.39, 0.29) is 4.91 Å². The number of ether oxygens (including phenoxy) is 1. The van der Waals surface area contributed by atoms with Crippen molar-refractivity contribution in [2.75, 3.05) is 7.11 Å². The summed E-state index contributed by atoms with van der Waals surface area (Å²) in [6.07, 6.45) is 1.64. The number of methoxy groups -OCH3 is 1. The zero-order valence-corrected chi connectivity index (χ0v) is 17.8. The summed E-state index contributed by atoms with van der Waals surface area (Å²) in [6, 6.07) is 7.77. The standard InChI is InChI=1S/C21H21N3O5S/c1-11-9-15(12(2)23(11)16-7-5-14(6-8-16)18(22)25)10-17-19(26)24(21(28)30-17)13(3)20(27)29-4/h5-10,13H,1-4H3,(H2,22,25)/b17-10+/t13-/m1/s1. The van der Waals surface area contributed by atoms with Crippen molar-refractivity contribution in [1.82, 2.24) is 9.47 Å². The molecule has 0 spiro atoms. The van der Waals surface area contributed by atoms with Crippen LogP contribution in [0.4, 0.5) is 4.79 Å². The second-order valence-corrected chi connectivity index (χ2v) is 7.82. The van der Waals surface area contributed by atoms with Gasteiger partial charge < -0.3 is 15.0 Å². The predicted molar refractivity (Wildman–Crippen MR) is 113 cm³/mol. The molecular formula is C21H21N3O5S. The summed E-state index contributed by atoms with van der Waals surface area (Å²) in [7, 11) is 1.21. The number of thioether (sulfide) groups is 1. The second kappa shape index (κ2) is 8.19. The molecule has 1 aromatic carbocycles. The smallest absolute Gasteiger partial charge is 0.328 e. The molecule has 0 unspecified atom stereocenters. The number of amides is 3. The average molecular weight is 427 g/mol. The van der Waals surface area contributed by atoms with Gasteiger partial charge in [0.25, 0.3) is 11.1 Å². The summed E-state index contributed by atoms with van der Waals surface area (Å²) in [5.41, 5.74) is 9.07. The number of carbonyl (C=O) groups excluding carboxylic acids is 4. The number of hydrogen-bond acceptors (Lipinski definition) is 6. The number of nitrogens with two attached hydrogens (primary N) is 1. The van der Waals surface area contributed by atoms with Gasteiger partial charge >= 0.3 is 5.97 Å². The van der Waals surface area contributed by atoms with Crippen LogP contribution in [0.25, 0.3) is 11.8 Å². The highest BCUT2D eigenvalue weighted by atomic mass is 32.2. The minimum absolute atomic E-state index is 0.236. The molecule has 2 heterocycles. The summed E-state index contributed by atoms with van der Waals surface area (Å²) >= 11 is 0.788. The van der Waals surface area contributed by atoms with Gasteiger partial charge in [-0.05, 0) is 74.5 Å². The molecule has 0 radical (unpaired) electrons. The van der Waals surface area contributed by atoms with Crippen molar-refractivity contribution in [2.45, 2.75) is 26.8 Å². The third-order valence-electron chi connectivity index (χ3n) is 4.92. The first-order valence-corrected chi connectivity index (χ1v) is 9.91. The Morgan fingerprint density at radius 3 is 2.37 bits per heavy atom. The summed E-state index contributed by atoms with van der Waals surface area (Å²) in [5.74, 6) is -1.69. The lowest BCUT2D eigenvalue weighted by atomic mass is 10.2. The fourth-order valence-corrected chi connectivity index (χ4v) is 4.24. The van der Waals surface area contributed by atoms with E-state index in [1.165, 1.54) is 14.0 Å². The molecule has 3 rings (SSSR count). The van der Waals surface area contributed by atoms with Crippen LogP contribution in [-0.2, 0) is 14.3 Å². The van der Waals surface area contributed by atoms with Crippen LogP contribution >= 0.6 is 11.8 Å². The Hall–Kier alpha value is -3.33. The van der Waals surface area contributed by atoms with Crippen LogP contribution in [0.15, 0.2) is 35.2 Å². The quantitative estimate of drug-likeness (QED) is 0.580. The number of benzene rings is 1. The van der Waals surface area contributed by atoms with Crippen LogP contribution in [0.5, 0.6) is 0 Å². The van der Waals surface area contributed by atoms with E-state index in [1.54, 1.807) is 30.3 Å². The SMILES string of the molecule is COC(=O)[C@@H](C)N1C(=O)S/C(=C/c2cc(C)n(-c3ccc(C(N)=O)cc3)c2C)C1=O. The topological polar surface area (TPSA) is 112 Å². The molecule has 1 aromatic heterocycles. The van der Waals surface area contributed by atoms with Gasteiger partial charge in [0, 0.05) is 22.6 Å². The van der Waals surface area contributed by atoms with E-state index in [0.717, 1.165) is 39.3 Å². The van der Waals surface area contributed by atoms with Crippen LogP contribution in [0, 0.1) is 13.8 Å². The van der Waals surface area contributed by atoms with Crippen molar-refractivity contribution in [2.24, 2.45) is 5.73 Å². The van der Waals surface area contributed by atoms with Crippen molar-refractivity contribution in [3.63, 3.8) is 0 Å². The lowest BCUT2D eigenvalue weighted by Gasteiger charge is -2.18. The summed E-state index contributed by atoms with van der Waals surface area (Å²) in [5, 5.41) is -0.514. The van der Waals surface area contributed by atoms with E-state index in [9.17, 15) is 19.2 Å². The molecule has 0 saturated carbocycles. The van der Waals surface area contributed by atoms with Crippen LogP contribution < -0.4 is 5.73 Å². The molecule has 0 aliphatic carbocycles. The number of nitrogens with zero attached hydrogens (tertiary/aromatic N) is 2. The Morgan fingerprint density at radius 2 is 1.80 bits per heavy atom. The molecule has 0 bridgehead atoms. The molecule has 2 aromatic rings. The Labute approximate surface area is 177 Å². The van der Waals surface area contributed by atoms with E-state index >= 15 is 0 Å². The number of primary amides is 1. The van der Waals surface area contributed by atoms with E-state index < -0.39 is 29.1 Å². The van der Waals surface area contributed by atoms with Crippen molar-refractivity contribution in [3.05, 3.63) is 57.8 Å². The van der Waals surface area contributed by atoms with Gasteiger partial charge in [-0.15, -0.1) is 0 Å². The first-order valence-electron chi connectivity index (χ1n) is 9.09. The Balaban J connectivity index is 1.94. The normalized spacial score (nSPS) is 16.3. The van der Waals surface area contributed by atoms with Gasteiger partial charge in [-0.3, -0.25) is 19.3 Å². The Morgan fingerprint density at radius 1 is 1.17 bits per heavy atom. The summed E-state index contributed by atoms with van der Waals surface area (Å²) < 4.78 is 6.61. The van der Waals surface area contributed by atoms with Gasteiger partial charge in [-0.2, -0.15) is 0 Å². The average Bonchev–Trinajstić information content (AvgIpc) is 3.15. The van der Waals surface area contributed by atoms with E-state index in [2.05, 4.69) is 4.74 Å². The predicted octanol–water partition coefficient (Wildman–Crippen LogP) is 2.79. The number of rotatable bonds is 5. The fourth-order valence-electron chi connectivity index (χ4n) is 3.34. The maximum atomic E-state index is 12.7. The van der Waals surface area contributed by atoms with E-state index in [4.69, 9.17) is 5.73 Å². The largest absolute Gasteiger partial charge is 0.467 e. The second-order valence-electron chi connectivity index (χ2n) is 6.82. The monoisotopic (exact) mass is 427 g/mol. The van der Waals surface area contributed by atoms with Crippen molar-refractivity contribution >= 4 is 40.9 Å². The molecule has 3 amide bonds. The third-order valence-corrected chi connectivity index (χ3v) is 5.80. The van der Waals surface area contributed by atoms with Gasteiger partial charge in [0.05, 0.1) is 12.0 Å². The summed E-state index contributed by atoms with van der Waals surface area (Å²) in [6.45, 7) is 5.26. The van der Waals surface area contributed by atoms with Gasteiger partial charge in [-0.1, -0.05) is 0 Å². The van der Waals surface area contributed by atoms with E-state index in [0.29, 0.717) is 5.56 Å². The van der Waals surface area contributed by atoms with Crippen molar-refractivity contribution in [3.8, 4) is 5.69 Å². The number of esters is 1. The summed E-state index contributed by atoms with van der Waals surface area (Å²) in [4.78, 5) is 49.2. The maximum absolute atomic E-state index is 12.7. The zero-order chi connectivity index (χ0) is 22.2. The number of aromatic nitrogens is 1.